The van der Waals surface area contributed by atoms with Gasteiger partial charge in [0.2, 0.25) is 4.80 Å². The summed E-state index contributed by atoms with van der Waals surface area (Å²) in [6, 6.07) is 12.6. The molecule has 2 aromatic carbocycles. The van der Waals surface area contributed by atoms with Gasteiger partial charge in [0.25, 0.3) is 0 Å². The summed E-state index contributed by atoms with van der Waals surface area (Å²) >= 11 is 1.17. The standard InChI is InChI=1S/C22H15F4N3O2S/c1-13-2-6-17(30-13)11-27-29-20(14-3-7-16(8-4-14)31-21(25)26)12-32-22(29)28-19-9-5-15(23)10-18(19)24/h2-12,21H,1H3/b27-11+,28-22?. The SMILES string of the molecule is Cc1ccc(/C=N/n2c(-c3ccc(OC(F)F)cc3)csc2=Nc2ccc(F)cc2F)o1. The van der Waals surface area contributed by atoms with Gasteiger partial charge >= 0.3 is 6.61 Å². The molecule has 2 heterocycles. The lowest BCUT2D eigenvalue weighted by Crippen LogP contribution is -2.11. The van der Waals surface area contributed by atoms with Gasteiger partial charge in [-0.3, -0.25) is 0 Å². The van der Waals surface area contributed by atoms with Crippen molar-refractivity contribution in [1.29, 1.82) is 0 Å². The number of thiazole rings is 1. The van der Waals surface area contributed by atoms with Gasteiger partial charge in [-0.05, 0) is 55.5 Å². The summed E-state index contributed by atoms with van der Waals surface area (Å²) in [4.78, 5) is 4.58. The van der Waals surface area contributed by atoms with Crippen molar-refractivity contribution >= 4 is 23.2 Å². The summed E-state index contributed by atoms with van der Waals surface area (Å²) in [5.74, 6) is -0.316. The summed E-state index contributed by atoms with van der Waals surface area (Å²) in [7, 11) is 0. The normalized spacial score (nSPS) is 12.2. The van der Waals surface area contributed by atoms with Gasteiger partial charge in [0.1, 0.15) is 28.8 Å². The fraction of sp³-hybridized carbons (Fsp3) is 0.0909. The van der Waals surface area contributed by atoms with Crippen molar-refractivity contribution in [2.75, 3.05) is 0 Å². The van der Waals surface area contributed by atoms with E-state index in [-0.39, 0.29) is 11.4 Å². The van der Waals surface area contributed by atoms with Crippen molar-refractivity contribution in [3.8, 4) is 17.0 Å². The van der Waals surface area contributed by atoms with E-state index in [4.69, 9.17) is 4.42 Å². The molecule has 0 fully saturated rings. The Morgan fingerprint density at radius 2 is 1.84 bits per heavy atom. The maximum absolute atomic E-state index is 14.1. The Labute approximate surface area is 183 Å². The molecule has 4 aromatic rings. The second-order valence-electron chi connectivity index (χ2n) is 6.52. The molecular formula is C22H15F4N3O2S. The highest BCUT2D eigenvalue weighted by Gasteiger charge is 2.11. The minimum absolute atomic E-state index is 0.0124. The van der Waals surface area contributed by atoms with Gasteiger partial charge in [0, 0.05) is 17.0 Å². The van der Waals surface area contributed by atoms with Crippen molar-refractivity contribution in [1.82, 2.24) is 4.68 Å². The summed E-state index contributed by atoms with van der Waals surface area (Å²) in [5.41, 5.74) is 1.15. The Kier molecular flexibility index (Phi) is 6.22. The van der Waals surface area contributed by atoms with E-state index in [1.165, 1.54) is 40.4 Å². The minimum atomic E-state index is -2.93. The van der Waals surface area contributed by atoms with Gasteiger partial charge in [-0.1, -0.05) is 0 Å². The van der Waals surface area contributed by atoms with E-state index >= 15 is 0 Å². The van der Waals surface area contributed by atoms with Gasteiger partial charge in [-0.15, -0.1) is 11.3 Å². The number of nitrogens with zero attached hydrogens (tertiary/aromatic N) is 3. The molecule has 164 valence electrons. The lowest BCUT2D eigenvalue weighted by Gasteiger charge is -2.06. The Balaban J connectivity index is 1.79. The number of halogens is 4. The van der Waals surface area contributed by atoms with Crippen LogP contribution in [0, 0.1) is 18.6 Å². The molecule has 0 saturated heterocycles. The smallest absolute Gasteiger partial charge is 0.387 e. The van der Waals surface area contributed by atoms with Crippen LogP contribution in [0.5, 0.6) is 5.75 Å². The van der Waals surface area contributed by atoms with Gasteiger partial charge in [0.15, 0.2) is 5.82 Å². The highest BCUT2D eigenvalue weighted by atomic mass is 32.1. The van der Waals surface area contributed by atoms with E-state index in [0.717, 1.165) is 12.1 Å². The first-order valence-corrected chi connectivity index (χ1v) is 10.1. The summed E-state index contributed by atoms with van der Waals surface area (Å²) in [6.45, 7) is -1.13. The third-order valence-corrected chi connectivity index (χ3v) is 5.06. The molecule has 5 nitrogen and oxygen atoms in total. The zero-order valence-electron chi connectivity index (χ0n) is 16.5. The molecule has 0 N–H and O–H groups in total. The fourth-order valence-electron chi connectivity index (χ4n) is 2.81. The molecule has 0 radical (unpaired) electrons. The number of hydrogen-bond acceptors (Lipinski definition) is 5. The van der Waals surface area contributed by atoms with Crippen LogP contribution >= 0.6 is 11.3 Å². The predicted molar refractivity (Wildman–Crippen MR) is 112 cm³/mol. The van der Waals surface area contributed by atoms with E-state index in [2.05, 4.69) is 14.8 Å². The van der Waals surface area contributed by atoms with Crippen LogP contribution in [-0.4, -0.2) is 17.5 Å². The average Bonchev–Trinajstić information content (AvgIpc) is 3.34. The molecule has 2 aromatic heterocycles. The first kappa shape index (κ1) is 21.6. The van der Waals surface area contributed by atoms with E-state index in [9.17, 15) is 17.6 Å². The molecule has 0 spiro atoms. The molecule has 0 saturated carbocycles. The number of alkyl halides is 2. The molecule has 32 heavy (non-hydrogen) atoms. The first-order valence-electron chi connectivity index (χ1n) is 9.25. The lowest BCUT2D eigenvalue weighted by molar-refractivity contribution is -0.0498. The zero-order chi connectivity index (χ0) is 22.7. The molecule has 0 unspecified atom stereocenters. The molecule has 0 aliphatic carbocycles. The molecule has 0 bridgehead atoms. The maximum Gasteiger partial charge on any atom is 0.387 e. The van der Waals surface area contributed by atoms with Crippen molar-refractivity contribution in [3.63, 3.8) is 0 Å². The van der Waals surface area contributed by atoms with Crippen LogP contribution in [0.2, 0.25) is 0 Å². The summed E-state index contributed by atoms with van der Waals surface area (Å²) < 4.78 is 63.5. The lowest BCUT2D eigenvalue weighted by atomic mass is 10.2. The van der Waals surface area contributed by atoms with Gasteiger partial charge in [-0.2, -0.15) is 13.9 Å². The maximum atomic E-state index is 14.1. The minimum Gasteiger partial charge on any atom is -0.460 e. The van der Waals surface area contributed by atoms with Crippen LogP contribution in [0.25, 0.3) is 11.3 Å². The molecule has 0 amide bonds. The van der Waals surface area contributed by atoms with Gasteiger partial charge < -0.3 is 9.15 Å². The van der Waals surface area contributed by atoms with E-state index < -0.39 is 18.2 Å². The van der Waals surface area contributed by atoms with Crippen LogP contribution in [0.3, 0.4) is 0 Å². The molecule has 4 rings (SSSR count). The van der Waals surface area contributed by atoms with Gasteiger partial charge in [-0.25, -0.2) is 18.4 Å². The van der Waals surface area contributed by atoms with Crippen LogP contribution < -0.4 is 9.54 Å². The van der Waals surface area contributed by atoms with E-state index in [1.807, 2.05) is 0 Å². The van der Waals surface area contributed by atoms with Crippen molar-refractivity contribution in [3.05, 3.63) is 87.9 Å². The Morgan fingerprint density at radius 1 is 1.06 bits per heavy atom. The highest BCUT2D eigenvalue weighted by Crippen LogP contribution is 2.25. The number of hydrogen-bond donors (Lipinski definition) is 0. The van der Waals surface area contributed by atoms with Crippen LogP contribution in [0.15, 0.2) is 74.5 Å². The predicted octanol–water partition coefficient (Wildman–Crippen LogP) is 6.11. The third-order valence-electron chi connectivity index (χ3n) is 4.25. The Morgan fingerprint density at radius 3 is 2.50 bits per heavy atom. The van der Waals surface area contributed by atoms with Crippen molar-refractivity contribution in [2.45, 2.75) is 13.5 Å². The molecule has 0 aliphatic rings. The van der Waals surface area contributed by atoms with Crippen molar-refractivity contribution < 1.29 is 26.7 Å². The van der Waals surface area contributed by atoms with E-state index in [0.29, 0.717) is 27.6 Å². The second kappa shape index (κ2) is 9.23. The van der Waals surface area contributed by atoms with Crippen LogP contribution in [0.1, 0.15) is 11.5 Å². The third kappa shape index (κ3) is 4.97. The number of furan rings is 1. The highest BCUT2D eigenvalue weighted by molar-refractivity contribution is 7.07. The quantitative estimate of drug-likeness (QED) is 0.257. The zero-order valence-corrected chi connectivity index (χ0v) is 17.3. The Bertz CT molecular complexity index is 1320. The average molecular weight is 461 g/mol. The number of benzene rings is 2. The monoisotopic (exact) mass is 461 g/mol. The van der Waals surface area contributed by atoms with Crippen molar-refractivity contribution in [2.24, 2.45) is 10.1 Å². The second-order valence-corrected chi connectivity index (χ2v) is 7.36. The number of aromatic nitrogens is 1. The molecule has 0 atom stereocenters. The van der Waals surface area contributed by atoms with Gasteiger partial charge in [0.05, 0.1) is 11.9 Å². The van der Waals surface area contributed by atoms with Crippen LogP contribution in [0.4, 0.5) is 23.2 Å². The van der Waals surface area contributed by atoms with Crippen LogP contribution in [-0.2, 0) is 0 Å². The number of ether oxygens (including phenoxy) is 1. The fourth-order valence-corrected chi connectivity index (χ4v) is 3.66. The molecule has 10 heteroatoms. The largest absolute Gasteiger partial charge is 0.460 e. The van der Waals surface area contributed by atoms with E-state index in [1.54, 1.807) is 36.6 Å². The molecule has 0 aliphatic heterocycles. The molecular weight excluding hydrogens is 446 g/mol. The Hall–Kier alpha value is -3.66. The number of aryl methyl sites for hydroxylation is 1. The topological polar surface area (TPSA) is 52.0 Å². The summed E-state index contributed by atoms with van der Waals surface area (Å²) in [5, 5.41) is 6.14. The number of rotatable bonds is 6. The first-order chi connectivity index (χ1) is 15.4. The summed E-state index contributed by atoms with van der Waals surface area (Å²) in [6.07, 6.45) is 1.47.